The van der Waals surface area contributed by atoms with Gasteiger partial charge >= 0.3 is 5.97 Å². The van der Waals surface area contributed by atoms with Crippen LogP contribution in [0.3, 0.4) is 0 Å². The summed E-state index contributed by atoms with van der Waals surface area (Å²) in [5, 5.41) is 9.86. The Balaban J connectivity index is 2.28. The summed E-state index contributed by atoms with van der Waals surface area (Å²) in [6.07, 6.45) is 1.28. The van der Waals surface area contributed by atoms with Crippen molar-refractivity contribution in [3.05, 3.63) is 28.8 Å². The fourth-order valence-corrected chi connectivity index (χ4v) is 2.55. The summed E-state index contributed by atoms with van der Waals surface area (Å²) in [5.74, 6) is -0.938. The number of halogens is 1. The topological polar surface area (TPSA) is 66.6 Å². The van der Waals surface area contributed by atoms with Crippen molar-refractivity contribution >= 4 is 23.3 Å². The quantitative estimate of drug-likeness (QED) is 0.861. The van der Waals surface area contributed by atoms with E-state index in [4.69, 9.17) is 17.3 Å². The Morgan fingerprint density at radius 2 is 2.28 bits per heavy atom. The van der Waals surface area contributed by atoms with Crippen LogP contribution in [0, 0.1) is 6.92 Å². The van der Waals surface area contributed by atoms with Gasteiger partial charge in [0, 0.05) is 23.8 Å². The lowest BCUT2D eigenvalue weighted by molar-refractivity contribution is -0.143. The monoisotopic (exact) mass is 268 g/mol. The minimum Gasteiger partial charge on any atom is -0.480 e. The highest BCUT2D eigenvalue weighted by molar-refractivity contribution is 6.30. The molecule has 4 nitrogen and oxygen atoms in total. The van der Waals surface area contributed by atoms with Crippen LogP contribution in [0.15, 0.2) is 18.2 Å². The van der Waals surface area contributed by atoms with Crippen molar-refractivity contribution in [3.8, 4) is 0 Å². The summed E-state index contributed by atoms with van der Waals surface area (Å²) in [5.41, 5.74) is 6.83. The highest BCUT2D eigenvalue weighted by atomic mass is 35.5. The van der Waals surface area contributed by atoms with Gasteiger partial charge in [0.15, 0.2) is 0 Å². The van der Waals surface area contributed by atoms with Gasteiger partial charge in [-0.05, 0) is 37.5 Å². The van der Waals surface area contributed by atoms with E-state index in [-0.39, 0.29) is 0 Å². The van der Waals surface area contributed by atoms with Crippen LogP contribution in [0.5, 0.6) is 0 Å². The molecule has 1 atom stereocenters. The third kappa shape index (κ3) is 2.44. The van der Waals surface area contributed by atoms with Crippen LogP contribution in [0.2, 0.25) is 5.02 Å². The molecule has 2 rings (SSSR count). The number of carboxylic acids is 1. The van der Waals surface area contributed by atoms with E-state index in [0.29, 0.717) is 18.0 Å². The van der Waals surface area contributed by atoms with E-state index >= 15 is 0 Å². The number of anilines is 1. The molecule has 0 amide bonds. The summed E-state index contributed by atoms with van der Waals surface area (Å²) in [4.78, 5) is 13.2. The molecular formula is C13H17ClN2O2. The van der Waals surface area contributed by atoms with Crippen LogP contribution in [0.25, 0.3) is 0 Å². The zero-order valence-corrected chi connectivity index (χ0v) is 11.1. The van der Waals surface area contributed by atoms with E-state index in [1.54, 1.807) is 0 Å². The highest BCUT2D eigenvalue weighted by Crippen LogP contribution is 2.29. The molecule has 5 heteroatoms. The van der Waals surface area contributed by atoms with Gasteiger partial charge in [-0.15, -0.1) is 0 Å². The van der Waals surface area contributed by atoms with Crippen LogP contribution < -0.4 is 10.6 Å². The van der Waals surface area contributed by atoms with Crippen molar-refractivity contribution in [2.45, 2.75) is 25.3 Å². The maximum atomic E-state index is 11.2. The second-order valence-electron chi connectivity index (χ2n) is 4.92. The molecule has 1 unspecified atom stereocenters. The zero-order valence-electron chi connectivity index (χ0n) is 10.3. The summed E-state index contributed by atoms with van der Waals surface area (Å²) in [6.45, 7) is 3.12. The Labute approximate surface area is 111 Å². The summed E-state index contributed by atoms with van der Waals surface area (Å²) >= 11 is 6.00. The molecule has 1 heterocycles. The number of nitrogens with zero attached hydrogens (tertiary/aromatic N) is 1. The maximum absolute atomic E-state index is 11.2. The molecule has 1 aliphatic rings. The van der Waals surface area contributed by atoms with Gasteiger partial charge in [-0.3, -0.25) is 4.79 Å². The molecule has 0 aliphatic carbocycles. The Bertz CT molecular complexity index is 478. The van der Waals surface area contributed by atoms with Gasteiger partial charge in [-0.25, -0.2) is 0 Å². The second kappa shape index (κ2) is 4.78. The SMILES string of the molecule is Cc1ccc(Cl)cc1N1CCCC(N)(C(=O)O)C1. The van der Waals surface area contributed by atoms with E-state index in [1.165, 1.54) is 0 Å². The number of nitrogens with two attached hydrogens (primary N) is 1. The number of benzene rings is 1. The van der Waals surface area contributed by atoms with Gasteiger partial charge in [0.2, 0.25) is 0 Å². The molecule has 1 aromatic carbocycles. The zero-order chi connectivity index (χ0) is 13.3. The fourth-order valence-electron chi connectivity index (χ4n) is 2.39. The van der Waals surface area contributed by atoms with Crippen molar-refractivity contribution in [3.63, 3.8) is 0 Å². The first-order valence-corrected chi connectivity index (χ1v) is 6.33. The highest BCUT2D eigenvalue weighted by Gasteiger charge is 2.38. The van der Waals surface area contributed by atoms with Crippen molar-refractivity contribution in [2.24, 2.45) is 5.73 Å². The molecule has 1 aliphatic heterocycles. The Morgan fingerprint density at radius 3 is 2.94 bits per heavy atom. The molecule has 98 valence electrons. The number of carboxylic acid groups (broad SMARTS) is 1. The Kier molecular flexibility index (Phi) is 3.50. The van der Waals surface area contributed by atoms with Crippen molar-refractivity contribution < 1.29 is 9.90 Å². The smallest absolute Gasteiger partial charge is 0.325 e. The number of aryl methyl sites for hydroxylation is 1. The van der Waals surface area contributed by atoms with E-state index in [9.17, 15) is 9.90 Å². The Hall–Kier alpha value is -1.26. The van der Waals surface area contributed by atoms with Gasteiger partial charge in [0.1, 0.15) is 5.54 Å². The normalized spacial score (nSPS) is 24.1. The molecule has 1 fully saturated rings. The average molecular weight is 269 g/mol. The number of carbonyl (C=O) groups is 1. The largest absolute Gasteiger partial charge is 0.480 e. The molecule has 0 aromatic heterocycles. The van der Waals surface area contributed by atoms with E-state index in [1.807, 2.05) is 30.0 Å². The minimum atomic E-state index is -1.16. The lowest BCUT2D eigenvalue weighted by atomic mass is 9.89. The van der Waals surface area contributed by atoms with Crippen LogP contribution >= 0.6 is 11.6 Å². The summed E-state index contributed by atoms with van der Waals surface area (Å²) < 4.78 is 0. The number of hydrogen-bond donors (Lipinski definition) is 2. The predicted molar refractivity (Wildman–Crippen MR) is 72.2 cm³/mol. The van der Waals surface area contributed by atoms with Crippen molar-refractivity contribution in [2.75, 3.05) is 18.0 Å². The average Bonchev–Trinajstić information content (AvgIpc) is 2.32. The molecule has 0 radical (unpaired) electrons. The third-order valence-corrected chi connectivity index (χ3v) is 3.70. The van der Waals surface area contributed by atoms with Gasteiger partial charge in [-0.2, -0.15) is 0 Å². The molecular weight excluding hydrogens is 252 g/mol. The number of aliphatic carboxylic acids is 1. The van der Waals surface area contributed by atoms with Gasteiger partial charge in [0.05, 0.1) is 0 Å². The van der Waals surface area contributed by atoms with Gasteiger partial charge in [-0.1, -0.05) is 17.7 Å². The van der Waals surface area contributed by atoms with Gasteiger partial charge < -0.3 is 15.7 Å². The van der Waals surface area contributed by atoms with Gasteiger partial charge in [0.25, 0.3) is 0 Å². The molecule has 3 N–H and O–H groups in total. The molecule has 0 bridgehead atoms. The van der Waals surface area contributed by atoms with Crippen LogP contribution in [0.4, 0.5) is 5.69 Å². The fraction of sp³-hybridized carbons (Fsp3) is 0.462. The van der Waals surface area contributed by atoms with Crippen LogP contribution in [-0.4, -0.2) is 29.7 Å². The second-order valence-corrected chi connectivity index (χ2v) is 5.35. The summed E-state index contributed by atoms with van der Waals surface area (Å²) in [6, 6.07) is 5.63. The Morgan fingerprint density at radius 1 is 1.56 bits per heavy atom. The molecule has 0 saturated carbocycles. The number of rotatable bonds is 2. The van der Waals surface area contributed by atoms with Crippen molar-refractivity contribution in [1.82, 2.24) is 0 Å². The number of hydrogen-bond acceptors (Lipinski definition) is 3. The van der Waals surface area contributed by atoms with Crippen LogP contribution in [0.1, 0.15) is 18.4 Å². The van der Waals surface area contributed by atoms with E-state index in [2.05, 4.69) is 0 Å². The lowest BCUT2D eigenvalue weighted by Gasteiger charge is -2.39. The first-order valence-electron chi connectivity index (χ1n) is 5.96. The molecule has 1 aromatic rings. The first kappa shape index (κ1) is 13.2. The third-order valence-electron chi connectivity index (χ3n) is 3.46. The first-order chi connectivity index (χ1) is 8.42. The van der Waals surface area contributed by atoms with Crippen molar-refractivity contribution in [1.29, 1.82) is 0 Å². The summed E-state index contributed by atoms with van der Waals surface area (Å²) in [7, 11) is 0. The molecule has 1 saturated heterocycles. The van der Waals surface area contributed by atoms with E-state index in [0.717, 1.165) is 24.2 Å². The minimum absolute atomic E-state index is 0.323. The standard InChI is InChI=1S/C13H17ClN2O2/c1-9-3-4-10(14)7-11(9)16-6-2-5-13(15,8-16)12(17)18/h3-4,7H,2,5-6,8,15H2,1H3,(H,17,18). The molecule has 18 heavy (non-hydrogen) atoms. The molecule has 0 spiro atoms. The van der Waals surface area contributed by atoms with E-state index < -0.39 is 11.5 Å². The predicted octanol–water partition coefficient (Wildman–Crippen LogP) is 2.03. The maximum Gasteiger partial charge on any atom is 0.325 e. The number of piperidine rings is 1. The van der Waals surface area contributed by atoms with Crippen LogP contribution in [-0.2, 0) is 4.79 Å². The lowest BCUT2D eigenvalue weighted by Crippen LogP contribution is -2.59.